The highest BCUT2D eigenvalue weighted by molar-refractivity contribution is 5.69. The van der Waals surface area contributed by atoms with Crippen LogP contribution in [0.3, 0.4) is 0 Å². The topological polar surface area (TPSA) is 64.9 Å². The number of aryl methyl sites for hydroxylation is 2. The van der Waals surface area contributed by atoms with Crippen LogP contribution in [-0.2, 0) is 0 Å². The molecule has 0 bridgehead atoms. The predicted octanol–water partition coefficient (Wildman–Crippen LogP) is 3.60. The molecule has 2 heterocycles. The number of anilines is 1. The predicted molar refractivity (Wildman–Crippen MR) is 79.1 cm³/mol. The fourth-order valence-electron chi connectivity index (χ4n) is 2.16. The molecule has 0 radical (unpaired) electrons. The van der Waals surface area contributed by atoms with Gasteiger partial charge in [0.1, 0.15) is 11.5 Å². The highest BCUT2D eigenvalue weighted by Crippen LogP contribution is 2.27. The highest BCUT2D eigenvalue weighted by Gasteiger charge is 2.10. The molecule has 0 fully saturated rings. The van der Waals surface area contributed by atoms with Crippen molar-refractivity contribution in [1.82, 2.24) is 9.97 Å². The van der Waals surface area contributed by atoms with Crippen molar-refractivity contribution in [2.45, 2.75) is 13.8 Å². The number of nitrogen functional groups attached to an aromatic ring is 1. The molecule has 20 heavy (non-hydrogen) atoms. The molecule has 0 aliphatic carbocycles. The molecule has 100 valence electrons. The maximum atomic E-state index is 5.83. The molecule has 0 unspecified atom stereocenters. The number of furan rings is 1. The van der Waals surface area contributed by atoms with Gasteiger partial charge in [0, 0.05) is 5.56 Å². The molecule has 4 heteroatoms. The summed E-state index contributed by atoms with van der Waals surface area (Å²) in [4.78, 5) is 8.57. The Hall–Kier alpha value is -2.62. The van der Waals surface area contributed by atoms with Gasteiger partial charge in [-0.25, -0.2) is 9.97 Å². The minimum absolute atomic E-state index is 0.245. The summed E-state index contributed by atoms with van der Waals surface area (Å²) in [5.41, 5.74) is 9.52. The molecule has 2 N–H and O–H groups in total. The average molecular weight is 265 g/mol. The first-order valence-electron chi connectivity index (χ1n) is 6.41. The molecule has 0 aliphatic heterocycles. The standard InChI is InChI=1S/C16H15N3O/c1-10-5-3-4-6-12(10)13-9-14(19-16(17)18-13)15-8-7-11(2)20-15/h3-9H,1-2H3,(H2,17,18,19). The quantitative estimate of drug-likeness (QED) is 0.768. The van der Waals surface area contributed by atoms with Gasteiger partial charge < -0.3 is 10.2 Å². The number of hydrogen-bond acceptors (Lipinski definition) is 4. The van der Waals surface area contributed by atoms with E-state index in [0.29, 0.717) is 11.5 Å². The van der Waals surface area contributed by atoms with Crippen LogP contribution < -0.4 is 5.73 Å². The van der Waals surface area contributed by atoms with Gasteiger partial charge in [0.05, 0.1) is 5.69 Å². The van der Waals surface area contributed by atoms with Gasteiger partial charge in [0.15, 0.2) is 5.76 Å². The van der Waals surface area contributed by atoms with Gasteiger partial charge in [-0.2, -0.15) is 0 Å². The van der Waals surface area contributed by atoms with E-state index in [4.69, 9.17) is 10.2 Å². The van der Waals surface area contributed by atoms with Gasteiger partial charge in [0.25, 0.3) is 0 Å². The van der Waals surface area contributed by atoms with Crippen molar-refractivity contribution >= 4 is 5.95 Å². The zero-order chi connectivity index (χ0) is 14.1. The third-order valence-electron chi connectivity index (χ3n) is 3.16. The Balaban J connectivity index is 2.14. The van der Waals surface area contributed by atoms with Crippen molar-refractivity contribution in [3.63, 3.8) is 0 Å². The van der Waals surface area contributed by atoms with Crippen LogP contribution >= 0.6 is 0 Å². The van der Waals surface area contributed by atoms with Gasteiger partial charge in [-0.05, 0) is 37.6 Å². The Morgan fingerprint density at radius 1 is 0.950 bits per heavy atom. The summed E-state index contributed by atoms with van der Waals surface area (Å²) in [6.07, 6.45) is 0. The second-order valence-corrected chi connectivity index (χ2v) is 4.72. The number of hydrogen-bond donors (Lipinski definition) is 1. The van der Waals surface area contributed by atoms with E-state index in [2.05, 4.69) is 9.97 Å². The van der Waals surface area contributed by atoms with E-state index in [0.717, 1.165) is 22.6 Å². The van der Waals surface area contributed by atoms with Gasteiger partial charge in [-0.3, -0.25) is 0 Å². The van der Waals surface area contributed by atoms with Crippen LogP contribution in [0.1, 0.15) is 11.3 Å². The van der Waals surface area contributed by atoms with E-state index >= 15 is 0 Å². The first kappa shape index (κ1) is 12.4. The van der Waals surface area contributed by atoms with E-state index in [1.54, 1.807) is 0 Å². The Morgan fingerprint density at radius 3 is 2.40 bits per heavy atom. The summed E-state index contributed by atoms with van der Waals surface area (Å²) in [6.45, 7) is 3.95. The van der Waals surface area contributed by atoms with E-state index in [1.807, 2.05) is 56.3 Å². The van der Waals surface area contributed by atoms with Crippen LogP contribution in [0.15, 0.2) is 46.9 Å². The van der Waals surface area contributed by atoms with Crippen molar-refractivity contribution in [3.8, 4) is 22.7 Å². The van der Waals surface area contributed by atoms with Crippen LogP contribution in [0.5, 0.6) is 0 Å². The third kappa shape index (κ3) is 2.28. The highest BCUT2D eigenvalue weighted by atomic mass is 16.3. The number of rotatable bonds is 2. The first-order chi connectivity index (χ1) is 9.63. The van der Waals surface area contributed by atoms with Crippen LogP contribution in [0.4, 0.5) is 5.95 Å². The molecule has 0 saturated heterocycles. The molecule has 4 nitrogen and oxygen atoms in total. The fraction of sp³-hybridized carbons (Fsp3) is 0.125. The van der Waals surface area contributed by atoms with Crippen LogP contribution in [-0.4, -0.2) is 9.97 Å². The van der Waals surface area contributed by atoms with Crippen LogP contribution in [0.25, 0.3) is 22.7 Å². The van der Waals surface area contributed by atoms with E-state index in [9.17, 15) is 0 Å². The SMILES string of the molecule is Cc1ccc(-c2cc(-c3ccccc3C)nc(N)n2)o1. The molecule has 0 atom stereocenters. The van der Waals surface area contributed by atoms with E-state index < -0.39 is 0 Å². The Labute approximate surface area is 117 Å². The van der Waals surface area contributed by atoms with Crippen molar-refractivity contribution in [1.29, 1.82) is 0 Å². The van der Waals surface area contributed by atoms with Gasteiger partial charge >= 0.3 is 0 Å². The first-order valence-corrected chi connectivity index (χ1v) is 6.41. The second kappa shape index (κ2) is 4.81. The van der Waals surface area contributed by atoms with Crippen molar-refractivity contribution < 1.29 is 4.42 Å². The lowest BCUT2D eigenvalue weighted by Gasteiger charge is -2.07. The molecule has 3 aromatic rings. The van der Waals surface area contributed by atoms with Crippen molar-refractivity contribution in [3.05, 3.63) is 53.8 Å². The summed E-state index contributed by atoms with van der Waals surface area (Å²) in [6, 6.07) is 13.7. The number of benzene rings is 1. The summed E-state index contributed by atoms with van der Waals surface area (Å²) in [5, 5.41) is 0. The fourth-order valence-corrected chi connectivity index (χ4v) is 2.16. The van der Waals surface area contributed by atoms with Crippen LogP contribution in [0.2, 0.25) is 0 Å². The molecular formula is C16H15N3O. The monoisotopic (exact) mass is 265 g/mol. The van der Waals surface area contributed by atoms with Crippen LogP contribution in [0, 0.1) is 13.8 Å². The van der Waals surface area contributed by atoms with Gasteiger partial charge in [-0.1, -0.05) is 24.3 Å². The van der Waals surface area contributed by atoms with Gasteiger partial charge in [-0.15, -0.1) is 0 Å². The molecule has 0 spiro atoms. The van der Waals surface area contributed by atoms with Crippen molar-refractivity contribution in [2.24, 2.45) is 0 Å². The maximum absolute atomic E-state index is 5.83. The molecule has 1 aromatic carbocycles. The van der Waals surface area contributed by atoms with E-state index in [-0.39, 0.29) is 5.95 Å². The summed E-state index contributed by atoms with van der Waals surface area (Å²) in [7, 11) is 0. The second-order valence-electron chi connectivity index (χ2n) is 4.72. The molecule has 0 amide bonds. The lowest BCUT2D eigenvalue weighted by molar-refractivity contribution is 0.546. The largest absolute Gasteiger partial charge is 0.460 e. The molecule has 0 aliphatic rings. The Bertz CT molecular complexity index is 762. The number of aromatic nitrogens is 2. The molecule has 3 rings (SSSR count). The lowest BCUT2D eigenvalue weighted by atomic mass is 10.0. The maximum Gasteiger partial charge on any atom is 0.221 e. The summed E-state index contributed by atoms with van der Waals surface area (Å²) in [5.74, 6) is 1.79. The summed E-state index contributed by atoms with van der Waals surface area (Å²) >= 11 is 0. The lowest BCUT2D eigenvalue weighted by Crippen LogP contribution is -1.99. The van der Waals surface area contributed by atoms with E-state index in [1.165, 1.54) is 0 Å². The smallest absolute Gasteiger partial charge is 0.221 e. The Morgan fingerprint density at radius 2 is 1.70 bits per heavy atom. The normalized spacial score (nSPS) is 10.7. The summed E-state index contributed by atoms with van der Waals surface area (Å²) < 4.78 is 5.60. The zero-order valence-electron chi connectivity index (χ0n) is 11.4. The minimum Gasteiger partial charge on any atom is -0.460 e. The average Bonchev–Trinajstić information content (AvgIpc) is 2.85. The minimum atomic E-state index is 0.245. The number of nitrogens with two attached hydrogens (primary N) is 1. The Kier molecular flexibility index (Phi) is 2.99. The molecule has 2 aromatic heterocycles. The van der Waals surface area contributed by atoms with Crippen molar-refractivity contribution in [2.75, 3.05) is 5.73 Å². The number of nitrogens with zero attached hydrogens (tertiary/aromatic N) is 2. The third-order valence-corrected chi connectivity index (χ3v) is 3.16. The van der Waals surface area contributed by atoms with Gasteiger partial charge in [0.2, 0.25) is 5.95 Å². The molecule has 0 saturated carbocycles. The molecular weight excluding hydrogens is 250 g/mol. The zero-order valence-corrected chi connectivity index (χ0v) is 11.4.